The van der Waals surface area contributed by atoms with Gasteiger partial charge in [-0.05, 0) is 132 Å². The summed E-state index contributed by atoms with van der Waals surface area (Å²) in [5.74, 6) is -1.45. The van der Waals surface area contributed by atoms with Crippen LogP contribution in [0.5, 0.6) is 0 Å². The molecule has 0 spiro atoms. The SMILES string of the molecule is Cc1cccc(P(c2cccc(F)c2)c2cccc(F)c2)c1-c1c(C)cccc1P(c1cccc(F)c1)c1cccc(F)c1. The normalized spacial score (nSPS) is 11.4. The molecule has 0 unspecified atom stereocenters. The van der Waals surface area contributed by atoms with Gasteiger partial charge < -0.3 is 0 Å². The summed E-state index contributed by atoms with van der Waals surface area (Å²) >= 11 is 0. The molecule has 0 atom stereocenters. The van der Waals surface area contributed by atoms with Crippen LogP contribution in [0.1, 0.15) is 11.1 Å². The van der Waals surface area contributed by atoms with Gasteiger partial charge in [0.1, 0.15) is 23.3 Å². The van der Waals surface area contributed by atoms with E-state index in [9.17, 15) is 17.6 Å². The fourth-order valence-electron chi connectivity index (χ4n) is 5.64. The van der Waals surface area contributed by atoms with Gasteiger partial charge in [-0.15, -0.1) is 0 Å². The summed E-state index contributed by atoms with van der Waals surface area (Å²) in [6.07, 6.45) is 0. The van der Waals surface area contributed by atoms with Gasteiger partial charge in [0.15, 0.2) is 0 Å². The molecular weight excluding hydrogens is 594 g/mol. The van der Waals surface area contributed by atoms with E-state index < -0.39 is 15.8 Å². The fourth-order valence-corrected chi connectivity index (χ4v) is 10.8. The molecule has 6 aromatic carbocycles. The van der Waals surface area contributed by atoms with Gasteiger partial charge in [-0.25, -0.2) is 17.6 Å². The van der Waals surface area contributed by atoms with Crippen molar-refractivity contribution in [2.24, 2.45) is 0 Å². The van der Waals surface area contributed by atoms with Gasteiger partial charge in [0.25, 0.3) is 0 Å². The van der Waals surface area contributed by atoms with Gasteiger partial charge in [0, 0.05) is 0 Å². The molecule has 0 aliphatic heterocycles. The summed E-state index contributed by atoms with van der Waals surface area (Å²) in [5.41, 5.74) is 3.90. The number of rotatable bonds is 7. The van der Waals surface area contributed by atoms with Crippen molar-refractivity contribution in [3.63, 3.8) is 0 Å². The number of hydrogen-bond acceptors (Lipinski definition) is 0. The highest BCUT2D eigenvalue weighted by Gasteiger charge is 2.28. The average molecular weight is 623 g/mol. The van der Waals surface area contributed by atoms with Crippen LogP contribution in [0.25, 0.3) is 11.1 Å². The van der Waals surface area contributed by atoms with Crippen molar-refractivity contribution in [3.8, 4) is 11.1 Å². The highest BCUT2D eigenvalue weighted by Crippen LogP contribution is 2.43. The van der Waals surface area contributed by atoms with Crippen molar-refractivity contribution in [2.45, 2.75) is 13.8 Å². The molecule has 0 radical (unpaired) electrons. The van der Waals surface area contributed by atoms with Crippen LogP contribution < -0.4 is 31.8 Å². The Labute approximate surface area is 257 Å². The topological polar surface area (TPSA) is 0 Å². The molecule has 0 aliphatic carbocycles. The maximum Gasteiger partial charge on any atom is 0.123 e. The zero-order valence-electron chi connectivity index (χ0n) is 24.1. The lowest BCUT2D eigenvalue weighted by atomic mass is 9.96. The first-order valence-corrected chi connectivity index (χ1v) is 16.8. The molecule has 6 heteroatoms. The Morgan fingerprint density at radius 1 is 0.364 bits per heavy atom. The maximum absolute atomic E-state index is 14.7. The summed E-state index contributed by atoms with van der Waals surface area (Å²) in [6.45, 7) is 4.07. The van der Waals surface area contributed by atoms with Crippen LogP contribution in [0.2, 0.25) is 0 Å². The van der Waals surface area contributed by atoms with E-state index in [1.54, 1.807) is 24.3 Å². The fraction of sp³-hybridized carbons (Fsp3) is 0.0526. The standard InChI is InChI=1S/C38H28F4P2/c1-25-9-3-19-35(43(31-15-5-11-27(39)21-31)32-16-6-12-28(40)22-32)37(25)38-26(2)10-4-20-36(38)44(33-17-7-13-29(41)23-33)34-18-8-14-30(42)24-34/h3-24H,1-2H3. The summed E-state index contributed by atoms with van der Waals surface area (Å²) in [4.78, 5) is 0. The van der Waals surface area contributed by atoms with Gasteiger partial charge >= 0.3 is 0 Å². The molecule has 0 N–H and O–H groups in total. The minimum atomic E-state index is -1.39. The predicted octanol–water partition coefficient (Wildman–Crippen LogP) is 8.04. The second kappa shape index (κ2) is 12.9. The molecule has 0 aromatic heterocycles. The van der Waals surface area contributed by atoms with E-state index in [1.807, 2.05) is 74.5 Å². The van der Waals surface area contributed by atoms with E-state index in [1.165, 1.54) is 48.5 Å². The smallest absolute Gasteiger partial charge is 0.123 e. The second-order valence-electron chi connectivity index (χ2n) is 10.5. The molecule has 0 amide bonds. The maximum atomic E-state index is 14.7. The van der Waals surface area contributed by atoms with Crippen molar-refractivity contribution >= 4 is 47.7 Å². The third kappa shape index (κ3) is 6.11. The first-order chi connectivity index (χ1) is 21.3. The molecule has 0 saturated carbocycles. The Morgan fingerprint density at radius 3 is 0.909 bits per heavy atom. The zero-order valence-corrected chi connectivity index (χ0v) is 25.9. The predicted molar refractivity (Wildman–Crippen MR) is 179 cm³/mol. The zero-order chi connectivity index (χ0) is 30.8. The molecule has 0 nitrogen and oxygen atoms in total. The monoisotopic (exact) mass is 622 g/mol. The first kappa shape index (κ1) is 29.9. The second-order valence-corrected chi connectivity index (χ2v) is 14.9. The van der Waals surface area contributed by atoms with E-state index in [0.29, 0.717) is 0 Å². The van der Waals surface area contributed by atoms with E-state index in [2.05, 4.69) is 0 Å². The van der Waals surface area contributed by atoms with Crippen LogP contribution in [-0.2, 0) is 0 Å². The van der Waals surface area contributed by atoms with Crippen LogP contribution in [0.4, 0.5) is 17.6 Å². The highest BCUT2D eigenvalue weighted by atomic mass is 31.1. The molecule has 6 aromatic rings. The summed E-state index contributed by atoms with van der Waals surface area (Å²) < 4.78 is 58.8. The van der Waals surface area contributed by atoms with Crippen LogP contribution in [0.3, 0.4) is 0 Å². The van der Waals surface area contributed by atoms with Gasteiger partial charge in [0.05, 0.1) is 0 Å². The van der Waals surface area contributed by atoms with E-state index in [4.69, 9.17) is 0 Å². The van der Waals surface area contributed by atoms with Gasteiger partial charge in [-0.1, -0.05) is 84.9 Å². The van der Waals surface area contributed by atoms with E-state index in [-0.39, 0.29) is 23.3 Å². The molecule has 0 heterocycles. The summed E-state index contributed by atoms with van der Waals surface area (Å²) in [5, 5.41) is 4.91. The Hall–Kier alpha value is -4.10. The molecule has 6 rings (SSSR count). The molecule has 218 valence electrons. The van der Waals surface area contributed by atoms with Gasteiger partial charge in [-0.2, -0.15) is 0 Å². The number of benzene rings is 6. The lowest BCUT2D eigenvalue weighted by Crippen LogP contribution is -2.27. The largest absolute Gasteiger partial charge is 0.207 e. The Balaban J connectivity index is 1.67. The van der Waals surface area contributed by atoms with Gasteiger partial charge in [-0.3, -0.25) is 0 Å². The first-order valence-electron chi connectivity index (χ1n) is 14.1. The Bertz CT molecular complexity index is 1740. The minimum absolute atomic E-state index is 0.363. The van der Waals surface area contributed by atoms with Crippen molar-refractivity contribution in [1.82, 2.24) is 0 Å². The van der Waals surface area contributed by atoms with Crippen molar-refractivity contribution in [2.75, 3.05) is 0 Å². The third-order valence-electron chi connectivity index (χ3n) is 7.50. The third-order valence-corrected chi connectivity index (χ3v) is 12.4. The van der Waals surface area contributed by atoms with Gasteiger partial charge in [0.2, 0.25) is 0 Å². The van der Waals surface area contributed by atoms with Crippen molar-refractivity contribution in [3.05, 3.63) is 168 Å². The van der Waals surface area contributed by atoms with Crippen LogP contribution in [0.15, 0.2) is 133 Å². The number of hydrogen-bond donors (Lipinski definition) is 0. The lowest BCUT2D eigenvalue weighted by molar-refractivity contribution is 0.628. The summed E-state index contributed by atoms with van der Waals surface area (Å²) in [7, 11) is -2.79. The Kier molecular flexibility index (Phi) is 8.76. The van der Waals surface area contributed by atoms with E-state index in [0.717, 1.165) is 54.1 Å². The summed E-state index contributed by atoms with van der Waals surface area (Å²) in [6, 6.07) is 38.1. The Morgan fingerprint density at radius 2 is 0.636 bits per heavy atom. The number of halogens is 4. The quantitative estimate of drug-likeness (QED) is 0.125. The molecule has 0 aliphatic rings. The van der Waals surface area contributed by atoms with Crippen LogP contribution >= 0.6 is 15.8 Å². The number of aryl methyl sites for hydroxylation is 2. The van der Waals surface area contributed by atoms with Crippen molar-refractivity contribution < 1.29 is 17.6 Å². The molecule has 44 heavy (non-hydrogen) atoms. The molecule has 0 fully saturated rings. The van der Waals surface area contributed by atoms with Crippen LogP contribution in [-0.4, -0.2) is 0 Å². The highest BCUT2D eigenvalue weighted by molar-refractivity contribution is 7.80. The molecule has 0 saturated heterocycles. The molecular formula is C38H28F4P2. The van der Waals surface area contributed by atoms with Crippen LogP contribution in [0, 0.1) is 37.1 Å². The van der Waals surface area contributed by atoms with Crippen molar-refractivity contribution in [1.29, 1.82) is 0 Å². The molecule has 0 bridgehead atoms. The minimum Gasteiger partial charge on any atom is -0.207 e. The average Bonchev–Trinajstić information content (AvgIpc) is 2.99. The van der Waals surface area contributed by atoms with E-state index >= 15 is 0 Å². The lowest BCUT2D eigenvalue weighted by Gasteiger charge is -2.28.